The Hall–Kier alpha value is -5.51. The third-order valence-corrected chi connectivity index (χ3v) is 13.4. The van der Waals surface area contributed by atoms with Gasteiger partial charge in [0.25, 0.3) is 0 Å². The second-order valence-electron chi connectivity index (χ2n) is 8.21. The Kier molecular flexibility index (Phi) is 4.29. The van der Waals surface area contributed by atoms with E-state index in [0.717, 1.165) is 0 Å². The number of nitrogens with one attached hydrogen (secondary N) is 3. The normalized spacial score (nSPS) is 18.8. The minimum atomic E-state index is -5.28. The molecule has 0 aliphatic carbocycles. The van der Waals surface area contributed by atoms with Crippen molar-refractivity contribution in [2.24, 2.45) is 9.63 Å². The molecule has 6 aromatic heterocycles. The van der Waals surface area contributed by atoms with Crippen LogP contribution in [-0.2, 0) is 0 Å². The molecule has 0 amide bonds. The van der Waals surface area contributed by atoms with Crippen LogP contribution < -0.4 is 0 Å². The molecule has 6 aromatic rings. The first-order valence-electron chi connectivity index (χ1n) is 11.2. The largest absolute Gasteiger partial charge is 0.361 e. The van der Waals surface area contributed by atoms with Crippen LogP contribution in [0.25, 0.3) is 10.6 Å². The maximum absolute atomic E-state index is 5.28. The summed E-state index contributed by atoms with van der Waals surface area (Å²) in [7, 11) is -5.28. The molecule has 3 N–H and O–H groups in total. The average Bonchev–Trinajstić information content (AvgIpc) is 3.82. The number of H-pyrrole nitrogens is 3. The summed E-state index contributed by atoms with van der Waals surface area (Å²) in [6.45, 7) is 0. The quantitative estimate of drug-likeness (QED) is 0.272. The summed E-state index contributed by atoms with van der Waals surface area (Å²) in [5.74, 6) is 0.198. The standard InChI is InChI=1S/C22H17N15S/c1-4-15(24-7-1)20-19(21-33-35-36-34-21)32-37-38(20,17-6-11-29-31-17,16-5-2-10-28-30-16,18-14-23-12-13-25-18)22-26-8-3-9-27-22/h1-14,24H,(H,29,31)(H,33,34,35,36). The molecule has 1 aliphatic heterocycles. The van der Waals surface area contributed by atoms with Crippen LogP contribution in [-0.4, -0.2) is 65.9 Å². The van der Waals surface area contributed by atoms with Crippen molar-refractivity contribution in [3.05, 3.63) is 97.5 Å². The topological polar surface area (TPSA) is 201 Å². The highest BCUT2D eigenvalue weighted by Gasteiger charge is 2.79. The van der Waals surface area contributed by atoms with Gasteiger partial charge in [-0.25, -0.2) is 15.0 Å². The molecular formula is C22H17N15S. The van der Waals surface area contributed by atoms with E-state index >= 15 is 0 Å². The first-order valence-corrected chi connectivity index (χ1v) is 13.6. The molecule has 0 saturated heterocycles. The lowest BCUT2D eigenvalue weighted by Gasteiger charge is -2.68. The molecule has 1 aliphatic rings. The molecule has 0 aromatic carbocycles. The summed E-state index contributed by atoms with van der Waals surface area (Å²) in [5, 5.41) is 37.6. The predicted octanol–water partition coefficient (Wildman–Crippen LogP) is 2.94. The lowest BCUT2D eigenvalue weighted by Crippen LogP contribution is -2.39. The van der Waals surface area contributed by atoms with Crippen LogP contribution >= 0.6 is 8.48 Å². The van der Waals surface area contributed by atoms with E-state index in [-0.39, 0.29) is 11.0 Å². The van der Waals surface area contributed by atoms with Crippen LogP contribution in [0, 0.1) is 0 Å². The van der Waals surface area contributed by atoms with Gasteiger partial charge < -0.3 is 4.98 Å². The molecule has 15 nitrogen and oxygen atoms in total. The molecule has 0 fully saturated rings. The highest BCUT2D eigenvalue weighted by Crippen LogP contribution is 3.12. The number of rotatable bonds is 6. The van der Waals surface area contributed by atoms with Gasteiger partial charge in [-0.3, -0.25) is 10.1 Å². The molecule has 0 unspecified atom stereocenters. The zero-order valence-electron chi connectivity index (χ0n) is 19.4. The van der Waals surface area contributed by atoms with Crippen molar-refractivity contribution in [1.82, 2.24) is 65.9 Å². The first-order chi connectivity index (χ1) is 18.8. The second kappa shape index (κ2) is 7.50. The predicted molar refractivity (Wildman–Crippen MR) is 132 cm³/mol. The van der Waals surface area contributed by atoms with Gasteiger partial charge in [-0.05, 0) is 50.1 Å². The van der Waals surface area contributed by atoms with Gasteiger partial charge >= 0.3 is 0 Å². The first kappa shape index (κ1) is 21.7. The zero-order chi connectivity index (χ0) is 25.5. The van der Waals surface area contributed by atoms with Crippen molar-refractivity contribution in [1.29, 1.82) is 0 Å². The Morgan fingerprint density at radius 2 is 1.74 bits per heavy atom. The van der Waals surface area contributed by atoms with Crippen LogP contribution in [0.1, 0.15) is 11.5 Å². The van der Waals surface area contributed by atoms with Crippen LogP contribution in [0.15, 0.2) is 116 Å². The molecule has 0 saturated carbocycles. The summed E-state index contributed by atoms with van der Waals surface area (Å²) >= 11 is 0. The number of nitrogens with zero attached hydrogens (tertiary/aromatic N) is 12. The van der Waals surface area contributed by atoms with Crippen LogP contribution in [0.2, 0.25) is 0 Å². The Bertz CT molecular complexity index is 1680. The molecule has 0 radical (unpaired) electrons. The number of aromatic nitrogens is 13. The van der Waals surface area contributed by atoms with E-state index in [1.165, 1.54) is 0 Å². The third-order valence-electron chi connectivity index (χ3n) is 6.57. The number of tetrazole rings is 1. The Morgan fingerprint density at radius 3 is 2.42 bits per heavy atom. The Balaban J connectivity index is 1.91. The Labute approximate surface area is 212 Å². The summed E-state index contributed by atoms with van der Waals surface area (Å²) in [6.07, 6.45) is 13.0. The Morgan fingerprint density at radius 1 is 0.789 bits per heavy atom. The molecule has 0 atom stereocenters. The van der Waals surface area contributed by atoms with Crippen molar-refractivity contribution in [3.63, 3.8) is 0 Å². The molecular weight excluding hydrogens is 506 g/mol. The van der Waals surface area contributed by atoms with Crippen LogP contribution in [0.5, 0.6) is 0 Å². The molecule has 16 heteroatoms. The van der Waals surface area contributed by atoms with E-state index in [2.05, 4.69) is 45.9 Å². The molecule has 7 heterocycles. The maximum atomic E-state index is 5.28. The summed E-state index contributed by atoms with van der Waals surface area (Å²) in [6, 6.07) is 10.8. The maximum Gasteiger partial charge on any atom is 0.226 e. The van der Waals surface area contributed by atoms with Crippen molar-refractivity contribution in [2.75, 3.05) is 0 Å². The number of hydrogen-bond acceptors (Lipinski definition) is 12. The highest BCUT2D eigenvalue weighted by atomic mass is 32.4. The zero-order valence-corrected chi connectivity index (χ0v) is 20.2. The van der Waals surface area contributed by atoms with Gasteiger partial charge in [0.1, 0.15) is 10.1 Å². The van der Waals surface area contributed by atoms with E-state index < -0.39 is 8.48 Å². The van der Waals surface area contributed by atoms with E-state index in [4.69, 9.17) is 29.7 Å². The monoisotopic (exact) mass is 523 g/mol. The SMILES string of the molecule is c1cnc(S2(c3cnccn3)(c3cccnn3)(c3ccn[nH]3)N=NC(c3nn[nH]n3)=C2c2ccc[nH]2)nc1. The van der Waals surface area contributed by atoms with E-state index in [0.29, 0.717) is 31.4 Å². The summed E-state index contributed by atoms with van der Waals surface area (Å²) < 4.78 is 5.28. The van der Waals surface area contributed by atoms with Crippen LogP contribution in [0.3, 0.4) is 0 Å². The van der Waals surface area contributed by atoms with Gasteiger partial charge in [-0.1, -0.05) is 0 Å². The lowest BCUT2D eigenvalue weighted by atomic mass is 10.3. The fraction of sp³-hybridized carbons (Fsp3) is 0. The second-order valence-corrected chi connectivity index (χ2v) is 13.4. The number of hydrogen-bond donors (Lipinski definition) is 3. The summed E-state index contributed by atoms with van der Waals surface area (Å²) in [5.41, 5.74) is 0.927. The minimum absolute atomic E-state index is 0.198. The van der Waals surface area contributed by atoms with E-state index in [1.807, 2.05) is 18.2 Å². The highest BCUT2D eigenvalue weighted by molar-refractivity contribution is 8.69. The summed E-state index contributed by atoms with van der Waals surface area (Å²) in [4.78, 5) is 22.9. The molecule has 186 valence electrons. The van der Waals surface area contributed by atoms with Crippen molar-refractivity contribution in [2.45, 2.75) is 20.2 Å². The van der Waals surface area contributed by atoms with Gasteiger partial charge in [0.2, 0.25) is 5.82 Å². The van der Waals surface area contributed by atoms with E-state index in [9.17, 15) is 0 Å². The third kappa shape index (κ3) is 2.21. The molecule has 7 rings (SSSR count). The van der Waals surface area contributed by atoms with Crippen LogP contribution in [0.4, 0.5) is 0 Å². The van der Waals surface area contributed by atoms with Crippen molar-refractivity contribution in [3.8, 4) is 0 Å². The molecule has 0 bridgehead atoms. The molecule has 38 heavy (non-hydrogen) atoms. The lowest BCUT2D eigenvalue weighted by molar-refractivity contribution is 0.819. The van der Waals surface area contributed by atoms with Gasteiger partial charge in [0, 0.05) is 43.4 Å². The van der Waals surface area contributed by atoms with Gasteiger partial charge in [0.05, 0.1) is 21.8 Å². The van der Waals surface area contributed by atoms with Crippen molar-refractivity contribution < 1.29 is 0 Å². The average molecular weight is 524 g/mol. The van der Waals surface area contributed by atoms with Crippen molar-refractivity contribution >= 4 is 19.1 Å². The van der Waals surface area contributed by atoms with Gasteiger partial charge in [-0.15, -0.1) is 24.9 Å². The van der Waals surface area contributed by atoms with E-state index in [1.54, 1.807) is 67.8 Å². The smallest absolute Gasteiger partial charge is 0.226 e. The fourth-order valence-electron chi connectivity index (χ4n) is 5.10. The number of aromatic amines is 3. The molecule has 0 spiro atoms. The minimum Gasteiger partial charge on any atom is -0.361 e. The fourth-order valence-corrected chi connectivity index (χ4v) is 11.7. The van der Waals surface area contributed by atoms with Gasteiger partial charge in [0.15, 0.2) is 10.9 Å². The van der Waals surface area contributed by atoms with Gasteiger partial charge in [-0.2, -0.15) is 15.4 Å².